The van der Waals surface area contributed by atoms with Crippen molar-refractivity contribution in [1.82, 2.24) is 0 Å². The van der Waals surface area contributed by atoms with Gasteiger partial charge in [-0.3, -0.25) is 28.8 Å². The summed E-state index contributed by atoms with van der Waals surface area (Å²) in [4.78, 5) is 69.0. The summed E-state index contributed by atoms with van der Waals surface area (Å²) in [5.41, 5.74) is -1.52. The molecule has 12 heteroatoms. The fraction of sp³-hybridized carbons (Fsp3) is 0.500. The highest BCUT2D eigenvalue weighted by Gasteiger charge is 2.50. The van der Waals surface area contributed by atoms with Crippen LogP contribution in [0.1, 0.15) is 91.2 Å². The smallest absolute Gasteiger partial charge is 0.328 e. The van der Waals surface area contributed by atoms with Crippen molar-refractivity contribution in [2.24, 2.45) is 0 Å². The molecule has 0 aromatic heterocycles. The summed E-state index contributed by atoms with van der Waals surface area (Å²) in [6.45, 7) is 11.3. The van der Waals surface area contributed by atoms with Gasteiger partial charge in [-0.15, -0.1) is 0 Å². The Bertz CT molecular complexity index is 1140. The number of hydrogen-bond donors (Lipinski definition) is 2. The molecule has 0 bridgehead atoms. The third-order valence-corrected chi connectivity index (χ3v) is 7.12. The topological polar surface area (TPSA) is 180 Å². The van der Waals surface area contributed by atoms with Crippen molar-refractivity contribution in [1.29, 1.82) is 0 Å². The highest BCUT2D eigenvalue weighted by Crippen LogP contribution is 2.32. The molecule has 2 aromatic carbocycles. The summed E-state index contributed by atoms with van der Waals surface area (Å²) in [5, 5.41) is 16.3. The number of ether oxygens (including phenoxy) is 4. The van der Waals surface area contributed by atoms with Crippen LogP contribution in [0.4, 0.5) is 0 Å². The van der Waals surface area contributed by atoms with Gasteiger partial charge in [-0.25, -0.2) is 0 Å². The number of unbranched alkanes of at least 4 members (excludes halogenated alkanes) is 1. The van der Waals surface area contributed by atoms with Crippen LogP contribution in [-0.2, 0) is 58.5 Å². The first kappa shape index (κ1) is 43.3. The maximum atomic E-state index is 12.3. The molecule has 0 fully saturated rings. The lowest BCUT2D eigenvalue weighted by molar-refractivity contribution is -0.167. The van der Waals surface area contributed by atoms with E-state index in [1.165, 1.54) is 0 Å². The molecule has 0 saturated carbocycles. The second-order valence-corrected chi connectivity index (χ2v) is 10.1. The third kappa shape index (κ3) is 12.8. The molecule has 0 unspecified atom stereocenters. The molecule has 0 spiro atoms. The molecule has 2 N–H and O–H groups in total. The van der Waals surface area contributed by atoms with Crippen molar-refractivity contribution in [2.75, 3.05) is 26.4 Å². The fourth-order valence-corrected chi connectivity index (χ4v) is 4.64. The lowest BCUT2D eigenvalue weighted by atomic mass is 9.78. The Labute approximate surface area is 282 Å². The van der Waals surface area contributed by atoms with E-state index in [1.807, 2.05) is 12.1 Å². The first-order chi connectivity index (χ1) is 22.9. The van der Waals surface area contributed by atoms with E-state index in [9.17, 15) is 28.8 Å². The average molecular weight is 675 g/mol. The summed E-state index contributed by atoms with van der Waals surface area (Å²) in [6, 6.07) is 17.8. The zero-order chi connectivity index (χ0) is 36.6. The number of carbonyl (C=O) groups is 6. The van der Waals surface area contributed by atoms with Gasteiger partial charge in [-0.2, -0.15) is 0 Å². The Morgan fingerprint density at radius 2 is 0.729 bits per heavy atom. The van der Waals surface area contributed by atoms with Gasteiger partial charge in [0.05, 0.1) is 26.4 Å². The van der Waals surface area contributed by atoms with Gasteiger partial charge in [0.2, 0.25) is 0 Å². The minimum atomic E-state index is -1.37. The molecule has 0 aliphatic heterocycles. The molecule has 0 amide bonds. The van der Waals surface area contributed by atoms with E-state index in [-0.39, 0.29) is 39.3 Å². The summed E-state index contributed by atoms with van der Waals surface area (Å²) >= 11 is 0. The average Bonchev–Trinajstić information content (AvgIpc) is 3.06. The zero-order valence-electron chi connectivity index (χ0n) is 28.8. The van der Waals surface area contributed by atoms with Crippen LogP contribution in [0.25, 0.3) is 0 Å². The van der Waals surface area contributed by atoms with Crippen molar-refractivity contribution in [3.63, 3.8) is 0 Å². The summed E-state index contributed by atoms with van der Waals surface area (Å²) in [7, 11) is 0. The Morgan fingerprint density at radius 3 is 0.917 bits per heavy atom. The van der Waals surface area contributed by atoms with Gasteiger partial charge >= 0.3 is 35.8 Å². The van der Waals surface area contributed by atoms with Crippen LogP contribution in [0.15, 0.2) is 60.7 Å². The Morgan fingerprint density at radius 1 is 0.479 bits per heavy atom. The van der Waals surface area contributed by atoms with E-state index in [1.54, 1.807) is 90.1 Å². The van der Waals surface area contributed by atoms with E-state index in [2.05, 4.69) is 0 Å². The van der Waals surface area contributed by atoms with Gasteiger partial charge in [0.15, 0.2) is 10.8 Å². The second kappa shape index (κ2) is 23.6. The van der Waals surface area contributed by atoms with Crippen LogP contribution in [-0.4, -0.2) is 72.5 Å². The van der Waals surface area contributed by atoms with Gasteiger partial charge in [0, 0.05) is 12.8 Å². The van der Waals surface area contributed by atoms with E-state index >= 15 is 0 Å². The lowest BCUT2D eigenvalue weighted by Gasteiger charge is -2.28. The van der Waals surface area contributed by atoms with E-state index in [4.69, 9.17) is 29.2 Å². The first-order valence-corrected chi connectivity index (χ1v) is 16.1. The van der Waals surface area contributed by atoms with Gasteiger partial charge < -0.3 is 29.2 Å². The number of carbonyl (C=O) groups excluding carboxylic acids is 4. The van der Waals surface area contributed by atoms with Crippen LogP contribution in [0.2, 0.25) is 0 Å². The van der Waals surface area contributed by atoms with Crippen molar-refractivity contribution in [3.05, 3.63) is 71.8 Å². The standard InChI is InChI=1S/2C15H20O4.C6H10O4/c2*1-4-15(13(16)18-5-2,14(17)19-6-3)12-10-8-7-9-11-12;7-5(8)3-1-2-4-6(9)10/h2*7-11H,4-6H2,1-3H3;1-4H2,(H,7,8)(H,9,10). The number of carboxylic acid groups (broad SMARTS) is 2. The summed E-state index contributed by atoms with van der Waals surface area (Å²) in [6.07, 6.45) is 1.62. The molecule has 0 heterocycles. The fourth-order valence-electron chi connectivity index (χ4n) is 4.64. The molecule has 0 aliphatic rings. The third-order valence-electron chi connectivity index (χ3n) is 7.12. The maximum absolute atomic E-state index is 12.3. The van der Waals surface area contributed by atoms with Gasteiger partial charge in [0.1, 0.15) is 0 Å². The zero-order valence-corrected chi connectivity index (χ0v) is 28.8. The Balaban J connectivity index is 0.000000727. The highest BCUT2D eigenvalue weighted by molar-refractivity contribution is 6.07. The number of rotatable bonds is 17. The van der Waals surface area contributed by atoms with Gasteiger partial charge in [-0.1, -0.05) is 74.5 Å². The number of esters is 4. The largest absolute Gasteiger partial charge is 0.481 e. The van der Waals surface area contributed by atoms with Crippen molar-refractivity contribution in [3.8, 4) is 0 Å². The minimum absolute atomic E-state index is 0.0628. The van der Waals surface area contributed by atoms with Crippen molar-refractivity contribution in [2.45, 2.75) is 90.9 Å². The van der Waals surface area contributed by atoms with Crippen LogP contribution in [0.5, 0.6) is 0 Å². The Kier molecular flexibility index (Phi) is 21.2. The molecular weight excluding hydrogens is 624 g/mol. The normalized spacial score (nSPS) is 10.5. The molecule has 2 aromatic rings. The second-order valence-electron chi connectivity index (χ2n) is 10.1. The number of benzene rings is 2. The van der Waals surface area contributed by atoms with Crippen LogP contribution in [0, 0.1) is 0 Å². The quantitative estimate of drug-likeness (QED) is 0.0914. The minimum Gasteiger partial charge on any atom is -0.481 e. The van der Waals surface area contributed by atoms with Crippen LogP contribution < -0.4 is 0 Å². The van der Waals surface area contributed by atoms with Gasteiger partial charge in [0.25, 0.3) is 0 Å². The van der Waals surface area contributed by atoms with Gasteiger partial charge in [-0.05, 0) is 64.5 Å². The lowest BCUT2D eigenvalue weighted by Crippen LogP contribution is -2.45. The van der Waals surface area contributed by atoms with E-state index in [0.717, 1.165) is 0 Å². The molecule has 0 aliphatic carbocycles. The molecular formula is C36H50O12. The molecule has 0 atom stereocenters. The van der Waals surface area contributed by atoms with Crippen molar-refractivity contribution >= 4 is 35.8 Å². The molecule has 2 rings (SSSR count). The van der Waals surface area contributed by atoms with E-state index < -0.39 is 46.6 Å². The Hall–Kier alpha value is -4.74. The molecule has 12 nitrogen and oxygen atoms in total. The molecule has 266 valence electrons. The molecule has 0 radical (unpaired) electrons. The first-order valence-electron chi connectivity index (χ1n) is 16.1. The maximum Gasteiger partial charge on any atom is 0.328 e. The van der Waals surface area contributed by atoms with E-state index in [0.29, 0.717) is 36.8 Å². The molecule has 0 saturated heterocycles. The van der Waals surface area contributed by atoms with Crippen LogP contribution in [0.3, 0.4) is 0 Å². The van der Waals surface area contributed by atoms with Crippen molar-refractivity contribution < 1.29 is 57.9 Å². The SMILES string of the molecule is CCOC(=O)C(CC)(C(=O)OCC)c1ccccc1.CCOC(=O)C(CC)(C(=O)OCC)c1ccccc1.O=C(O)CCCCC(=O)O. The predicted molar refractivity (Wildman–Crippen MR) is 177 cm³/mol. The number of hydrogen-bond acceptors (Lipinski definition) is 10. The summed E-state index contributed by atoms with van der Waals surface area (Å²) < 4.78 is 20.3. The number of aliphatic carboxylic acids is 2. The highest BCUT2D eigenvalue weighted by atomic mass is 16.6. The monoisotopic (exact) mass is 674 g/mol. The molecule has 48 heavy (non-hydrogen) atoms. The summed E-state index contributed by atoms with van der Waals surface area (Å²) in [5.74, 6) is -3.95. The predicted octanol–water partition coefficient (Wildman–Crippen LogP) is 5.64. The number of carboxylic acids is 2. The van der Waals surface area contributed by atoms with Crippen LogP contribution >= 0.6 is 0 Å².